The van der Waals surface area contributed by atoms with Crippen LogP contribution in [0.3, 0.4) is 0 Å². The van der Waals surface area contributed by atoms with Gasteiger partial charge in [-0.1, -0.05) is 24.5 Å². The lowest BCUT2D eigenvalue weighted by molar-refractivity contribution is -0.137. The molecule has 9 heteroatoms. The van der Waals surface area contributed by atoms with Gasteiger partial charge in [0.2, 0.25) is 5.82 Å². The summed E-state index contributed by atoms with van der Waals surface area (Å²) in [4.78, 5) is 4.44. The van der Waals surface area contributed by atoms with Gasteiger partial charge in [0.15, 0.2) is 5.01 Å². The van der Waals surface area contributed by atoms with Crippen molar-refractivity contribution in [3.8, 4) is 23.2 Å². The van der Waals surface area contributed by atoms with Gasteiger partial charge >= 0.3 is 6.18 Å². The maximum atomic E-state index is 13.6. The smallest absolute Gasteiger partial charge is 0.232 e. The Balaban J connectivity index is 1.73. The molecule has 5 nitrogen and oxygen atoms in total. The van der Waals surface area contributed by atoms with Crippen molar-refractivity contribution in [1.82, 2.24) is 25.6 Å². The van der Waals surface area contributed by atoms with Crippen LogP contribution in [0.2, 0.25) is 0 Å². The van der Waals surface area contributed by atoms with Crippen LogP contribution < -0.4 is 0 Å². The van der Waals surface area contributed by atoms with Crippen molar-refractivity contribution in [3.63, 3.8) is 0 Å². The molecule has 4 rings (SSSR count). The van der Waals surface area contributed by atoms with E-state index in [1.54, 1.807) is 0 Å². The van der Waals surface area contributed by atoms with E-state index in [1.165, 1.54) is 36.0 Å². The topological polar surface area (TPSA) is 67.3 Å². The zero-order chi connectivity index (χ0) is 18.1. The summed E-state index contributed by atoms with van der Waals surface area (Å²) in [5, 5.41) is 15.3. The lowest BCUT2D eigenvalue weighted by atomic mass is 9.83. The van der Waals surface area contributed by atoms with Gasteiger partial charge in [-0.3, -0.25) is 0 Å². The molecule has 0 radical (unpaired) electrons. The summed E-state index contributed by atoms with van der Waals surface area (Å²) in [6.07, 6.45) is -1.18. The molecule has 0 atom stereocenters. The molecule has 1 saturated carbocycles. The normalized spacial score (nSPS) is 14.6. The van der Waals surface area contributed by atoms with Gasteiger partial charge in [-0.15, -0.1) is 21.5 Å². The van der Waals surface area contributed by atoms with Gasteiger partial charge < -0.3 is 0 Å². The van der Waals surface area contributed by atoms with Crippen molar-refractivity contribution in [2.24, 2.45) is 0 Å². The summed E-state index contributed by atoms with van der Waals surface area (Å²) >= 11 is 1.36. The van der Waals surface area contributed by atoms with E-state index < -0.39 is 11.7 Å². The maximum Gasteiger partial charge on any atom is 0.418 e. The van der Waals surface area contributed by atoms with Crippen LogP contribution in [0.15, 0.2) is 23.6 Å². The molecule has 0 amide bonds. The first-order chi connectivity index (χ1) is 12.5. The Hall–Kier alpha value is -2.73. The lowest BCUT2D eigenvalue weighted by Gasteiger charge is -2.22. The second-order valence-corrected chi connectivity index (χ2v) is 6.77. The number of alkyl halides is 3. The monoisotopic (exact) mass is 375 g/mol. The van der Waals surface area contributed by atoms with Gasteiger partial charge in [-0.2, -0.15) is 18.4 Å². The highest BCUT2D eigenvalue weighted by Gasteiger charge is 2.37. The molecule has 2 aromatic heterocycles. The second-order valence-electron chi connectivity index (χ2n) is 5.92. The predicted octanol–water partition coefficient (Wildman–Crippen LogP) is 4.01. The first-order valence-corrected chi connectivity index (χ1v) is 8.82. The Kier molecular flexibility index (Phi) is 4.20. The minimum absolute atomic E-state index is 0.123. The number of halogens is 3. The summed E-state index contributed by atoms with van der Waals surface area (Å²) in [5.41, 5.74) is -0.181. The van der Waals surface area contributed by atoms with E-state index in [9.17, 15) is 13.2 Å². The van der Waals surface area contributed by atoms with Crippen molar-refractivity contribution < 1.29 is 13.2 Å². The van der Waals surface area contributed by atoms with E-state index >= 15 is 0 Å². The molecule has 0 unspecified atom stereocenters. The minimum Gasteiger partial charge on any atom is -0.232 e. The number of hydrogen-bond donors (Lipinski definition) is 1. The van der Waals surface area contributed by atoms with Crippen LogP contribution in [0.1, 0.15) is 47.0 Å². The molecule has 1 fully saturated rings. The molecule has 0 spiro atoms. The summed E-state index contributed by atoms with van der Waals surface area (Å²) in [5.74, 6) is 5.73. The third-order valence-electron chi connectivity index (χ3n) is 4.28. The molecule has 3 aromatic rings. The third-order valence-corrected chi connectivity index (χ3v) is 5.06. The molecular formula is C17H12F3N5S. The van der Waals surface area contributed by atoms with E-state index in [2.05, 4.69) is 37.4 Å². The molecule has 1 N–H and O–H groups in total. The highest BCUT2D eigenvalue weighted by molar-refractivity contribution is 7.10. The number of nitrogens with one attached hydrogen (secondary N) is 1. The number of hydrogen-bond acceptors (Lipinski definition) is 5. The zero-order valence-electron chi connectivity index (χ0n) is 13.3. The third kappa shape index (κ3) is 3.20. The highest BCUT2D eigenvalue weighted by atomic mass is 32.1. The van der Waals surface area contributed by atoms with Crippen molar-refractivity contribution in [3.05, 3.63) is 45.4 Å². The van der Waals surface area contributed by atoms with E-state index in [1.807, 2.05) is 5.38 Å². The van der Waals surface area contributed by atoms with Crippen molar-refractivity contribution in [2.75, 3.05) is 0 Å². The van der Waals surface area contributed by atoms with E-state index in [0.29, 0.717) is 10.9 Å². The number of nitrogens with zero attached hydrogens (tertiary/aromatic N) is 4. The molecule has 0 aliphatic heterocycles. The fourth-order valence-electron chi connectivity index (χ4n) is 2.78. The maximum absolute atomic E-state index is 13.6. The predicted molar refractivity (Wildman–Crippen MR) is 89.3 cm³/mol. The van der Waals surface area contributed by atoms with Crippen LogP contribution in [0.4, 0.5) is 13.2 Å². The number of benzene rings is 1. The second kappa shape index (κ2) is 6.53. The van der Waals surface area contributed by atoms with Crippen LogP contribution in [-0.4, -0.2) is 25.6 Å². The van der Waals surface area contributed by atoms with Crippen LogP contribution in [0, 0.1) is 11.8 Å². The number of H-pyrrole nitrogens is 1. The highest BCUT2D eigenvalue weighted by Crippen LogP contribution is 2.38. The number of aromatic nitrogens is 5. The molecule has 0 bridgehead atoms. The van der Waals surface area contributed by atoms with E-state index in [4.69, 9.17) is 0 Å². The Bertz CT molecular complexity index is 978. The summed E-state index contributed by atoms with van der Waals surface area (Å²) in [6, 6.07) is 4.13. The van der Waals surface area contributed by atoms with E-state index in [-0.39, 0.29) is 17.0 Å². The first kappa shape index (κ1) is 16.7. The molecule has 0 saturated heterocycles. The lowest BCUT2D eigenvalue weighted by Crippen LogP contribution is -2.10. The van der Waals surface area contributed by atoms with Gasteiger partial charge in [-0.05, 0) is 30.0 Å². The summed E-state index contributed by atoms with van der Waals surface area (Å²) < 4.78 is 40.9. The van der Waals surface area contributed by atoms with Crippen LogP contribution in [0.25, 0.3) is 11.4 Å². The Morgan fingerprint density at radius 1 is 1.19 bits per heavy atom. The molecule has 2 heterocycles. The molecule has 26 heavy (non-hydrogen) atoms. The number of rotatable bonds is 2. The first-order valence-electron chi connectivity index (χ1n) is 7.94. The van der Waals surface area contributed by atoms with Crippen LogP contribution in [0.5, 0.6) is 0 Å². The van der Waals surface area contributed by atoms with Crippen molar-refractivity contribution in [2.45, 2.75) is 31.4 Å². The van der Waals surface area contributed by atoms with Crippen molar-refractivity contribution >= 4 is 11.3 Å². The zero-order valence-corrected chi connectivity index (χ0v) is 14.2. The van der Waals surface area contributed by atoms with Gasteiger partial charge in [0.25, 0.3) is 0 Å². The number of aromatic amines is 1. The fourth-order valence-corrected chi connectivity index (χ4v) is 3.53. The quantitative estimate of drug-likeness (QED) is 0.688. The van der Waals surface area contributed by atoms with Crippen LogP contribution in [-0.2, 0) is 6.18 Å². The van der Waals surface area contributed by atoms with E-state index in [0.717, 1.165) is 18.5 Å². The van der Waals surface area contributed by atoms with Gasteiger partial charge in [0.1, 0.15) is 0 Å². The van der Waals surface area contributed by atoms with Crippen molar-refractivity contribution in [1.29, 1.82) is 0 Å². The minimum atomic E-state index is -4.60. The SMILES string of the molecule is FC(F)(F)c1c(C#Cc2nc(C3CCC3)cs2)cccc1-c1nn[nH]n1. The summed E-state index contributed by atoms with van der Waals surface area (Å²) in [7, 11) is 0. The largest absolute Gasteiger partial charge is 0.418 e. The standard InChI is InChI=1S/C17H12F3N5S/c18-17(19,20)15-11(5-2-6-12(15)16-22-24-25-23-16)7-8-14-21-13(9-26-14)10-3-1-4-10/h2,5-6,9-10H,1,3-4H2,(H,22,23,24,25). The molecule has 132 valence electrons. The molecule has 1 aliphatic carbocycles. The average Bonchev–Trinajstić information content (AvgIpc) is 3.22. The van der Waals surface area contributed by atoms with Gasteiger partial charge in [0.05, 0.1) is 11.3 Å². The molecule has 1 aliphatic rings. The molecule has 1 aromatic carbocycles. The molecular weight excluding hydrogens is 363 g/mol. The number of thiazole rings is 1. The average molecular weight is 375 g/mol. The fraction of sp³-hybridized carbons (Fsp3) is 0.294. The van der Waals surface area contributed by atoms with Gasteiger partial charge in [-0.25, -0.2) is 4.98 Å². The Morgan fingerprint density at radius 2 is 2.04 bits per heavy atom. The van der Waals surface area contributed by atoms with Crippen LogP contribution >= 0.6 is 11.3 Å². The Morgan fingerprint density at radius 3 is 2.69 bits per heavy atom. The summed E-state index contributed by atoms with van der Waals surface area (Å²) in [6.45, 7) is 0. The number of tetrazole rings is 1. The van der Waals surface area contributed by atoms with Gasteiger partial charge in [0, 0.05) is 22.4 Å². The Labute approximate surface area is 150 Å².